The molecule has 1 aromatic carbocycles. The van der Waals surface area contributed by atoms with E-state index in [2.05, 4.69) is 4.90 Å². The summed E-state index contributed by atoms with van der Waals surface area (Å²) in [4.78, 5) is 12.8. The van der Waals surface area contributed by atoms with Crippen LogP contribution in [0.25, 0.3) is 0 Å². The van der Waals surface area contributed by atoms with Gasteiger partial charge in [0, 0.05) is 30.9 Å². The second-order valence-corrected chi connectivity index (χ2v) is 3.66. The summed E-state index contributed by atoms with van der Waals surface area (Å²) in [6, 6.07) is 7.70. The van der Waals surface area contributed by atoms with Gasteiger partial charge in [-0.15, -0.1) is 0 Å². The van der Waals surface area contributed by atoms with Crippen molar-refractivity contribution in [3.05, 3.63) is 29.8 Å². The minimum absolute atomic E-state index is 0.727. The molecular weight excluding hydrogens is 190 g/mol. The van der Waals surface area contributed by atoms with Gasteiger partial charge in [0.1, 0.15) is 6.29 Å². The zero-order valence-corrected chi connectivity index (χ0v) is 8.69. The van der Waals surface area contributed by atoms with Gasteiger partial charge in [-0.3, -0.25) is 4.79 Å². The Bertz CT molecular complexity index is 313. The van der Waals surface area contributed by atoms with Crippen LogP contribution in [0.15, 0.2) is 24.3 Å². The number of carbonyl (C=O) groups is 1. The maximum absolute atomic E-state index is 10.5. The van der Waals surface area contributed by atoms with Crippen molar-refractivity contribution in [3.8, 4) is 0 Å². The lowest BCUT2D eigenvalue weighted by Crippen LogP contribution is -2.25. The number of anilines is 1. The van der Waals surface area contributed by atoms with Crippen LogP contribution < -0.4 is 4.90 Å². The third-order valence-electron chi connectivity index (χ3n) is 2.62. The topological polar surface area (TPSA) is 29.5 Å². The summed E-state index contributed by atoms with van der Waals surface area (Å²) in [6.07, 6.45) is 1.94. The summed E-state index contributed by atoms with van der Waals surface area (Å²) in [5.41, 5.74) is 1.90. The van der Waals surface area contributed by atoms with Gasteiger partial charge in [0.05, 0.1) is 6.61 Å². The van der Waals surface area contributed by atoms with Gasteiger partial charge < -0.3 is 9.64 Å². The molecule has 0 spiro atoms. The Hall–Kier alpha value is -1.35. The molecule has 0 aliphatic carbocycles. The molecule has 0 radical (unpaired) electrons. The lowest BCUT2D eigenvalue weighted by Gasteiger charge is -2.21. The monoisotopic (exact) mass is 205 g/mol. The van der Waals surface area contributed by atoms with Crippen molar-refractivity contribution < 1.29 is 9.53 Å². The van der Waals surface area contributed by atoms with Gasteiger partial charge in [0.15, 0.2) is 0 Å². The third kappa shape index (κ3) is 2.57. The van der Waals surface area contributed by atoms with Crippen molar-refractivity contribution in [2.24, 2.45) is 0 Å². The molecule has 0 amide bonds. The number of ether oxygens (including phenoxy) is 1. The van der Waals surface area contributed by atoms with Crippen LogP contribution in [0.3, 0.4) is 0 Å². The van der Waals surface area contributed by atoms with Gasteiger partial charge in [-0.2, -0.15) is 0 Å². The third-order valence-corrected chi connectivity index (χ3v) is 2.62. The minimum atomic E-state index is 0.727. The molecule has 0 saturated carbocycles. The van der Waals surface area contributed by atoms with Gasteiger partial charge in [-0.05, 0) is 30.7 Å². The van der Waals surface area contributed by atoms with Crippen LogP contribution in [-0.2, 0) is 4.74 Å². The van der Waals surface area contributed by atoms with E-state index in [1.54, 1.807) is 0 Å². The van der Waals surface area contributed by atoms with E-state index in [1.807, 2.05) is 24.3 Å². The number of hydrogen-bond donors (Lipinski definition) is 0. The predicted molar refractivity (Wildman–Crippen MR) is 59.5 cm³/mol. The smallest absolute Gasteiger partial charge is 0.150 e. The quantitative estimate of drug-likeness (QED) is 0.688. The molecule has 0 aromatic heterocycles. The number of benzene rings is 1. The molecule has 3 nitrogen and oxygen atoms in total. The summed E-state index contributed by atoms with van der Waals surface area (Å²) in [5.74, 6) is 0. The molecule has 0 bridgehead atoms. The molecule has 15 heavy (non-hydrogen) atoms. The van der Waals surface area contributed by atoms with Crippen LogP contribution in [-0.4, -0.2) is 32.6 Å². The molecule has 3 heteroatoms. The number of nitrogens with zero attached hydrogens (tertiary/aromatic N) is 1. The van der Waals surface area contributed by atoms with Crippen LogP contribution in [0.1, 0.15) is 16.8 Å². The standard InChI is InChI=1S/C12H15NO2/c14-10-11-2-4-12(5-3-11)13-6-1-8-15-9-7-13/h2-5,10H,1,6-9H2. The van der Waals surface area contributed by atoms with E-state index in [9.17, 15) is 4.79 Å². The first-order valence-corrected chi connectivity index (χ1v) is 5.28. The minimum Gasteiger partial charge on any atom is -0.380 e. The van der Waals surface area contributed by atoms with E-state index in [0.29, 0.717) is 0 Å². The van der Waals surface area contributed by atoms with Crippen molar-refractivity contribution in [3.63, 3.8) is 0 Å². The molecular formula is C12H15NO2. The largest absolute Gasteiger partial charge is 0.380 e. The molecule has 1 aliphatic heterocycles. The van der Waals surface area contributed by atoms with Crippen molar-refractivity contribution in [2.45, 2.75) is 6.42 Å². The molecule has 0 N–H and O–H groups in total. The Balaban J connectivity index is 2.09. The second kappa shape index (κ2) is 4.94. The van der Waals surface area contributed by atoms with Gasteiger partial charge in [-0.25, -0.2) is 0 Å². The van der Waals surface area contributed by atoms with Crippen LogP contribution in [0.4, 0.5) is 5.69 Å². The molecule has 1 heterocycles. The average Bonchev–Trinajstić information content (AvgIpc) is 2.58. The Kier molecular flexibility index (Phi) is 3.35. The molecule has 1 fully saturated rings. The molecule has 0 unspecified atom stereocenters. The van der Waals surface area contributed by atoms with Crippen LogP contribution in [0.5, 0.6) is 0 Å². The van der Waals surface area contributed by atoms with E-state index >= 15 is 0 Å². The summed E-state index contributed by atoms with van der Waals surface area (Å²) < 4.78 is 5.39. The molecule has 2 rings (SSSR count). The van der Waals surface area contributed by atoms with E-state index in [0.717, 1.165) is 44.6 Å². The number of carbonyl (C=O) groups excluding carboxylic acids is 1. The zero-order chi connectivity index (χ0) is 10.5. The highest BCUT2D eigenvalue weighted by Gasteiger charge is 2.09. The first kappa shape index (κ1) is 10.2. The zero-order valence-electron chi connectivity index (χ0n) is 8.69. The van der Waals surface area contributed by atoms with E-state index in [1.165, 1.54) is 5.69 Å². The maximum atomic E-state index is 10.5. The molecule has 1 saturated heterocycles. The SMILES string of the molecule is O=Cc1ccc(N2CCCOCC2)cc1. The van der Waals surface area contributed by atoms with Crippen LogP contribution >= 0.6 is 0 Å². The van der Waals surface area contributed by atoms with E-state index < -0.39 is 0 Å². The van der Waals surface area contributed by atoms with E-state index in [-0.39, 0.29) is 0 Å². The Labute approximate surface area is 89.7 Å². The summed E-state index contributed by atoms with van der Waals surface area (Å²) >= 11 is 0. The highest BCUT2D eigenvalue weighted by Crippen LogP contribution is 2.16. The van der Waals surface area contributed by atoms with Gasteiger partial charge in [-0.1, -0.05) is 0 Å². The fourth-order valence-electron chi connectivity index (χ4n) is 1.77. The lowest BCUT2D eigenvalue weighted by molar-refractivity contribution is 0.112. The van der Waals surface area contributed by atoms with Crippen molar-refractivity contribution in [2.75, 3.05) is 31.2 Å². The van der Waals surface area contributed by atoms with Crippen LogP contribution in [0, 0.1) is 0 Å². The van der Waals surface area contributed by atoms with Crippen molar-refractivity contribution >= 4 is 12.0 Å². The Morgan fingerprint density at radius 1 is 1.13 bits per heavy atom. The van der Waals surface area contributed by atoms with Crippen molar-refractivity contribution in [1.29, 1.82) is 0 Å². The molecule has 80 valence electrons. The predicted octanol–water partition coefficient (Wildman–Crippen LogP) is 1.73. The van der Waals surface area contributed by atoms with E-state index in [4.69, 9.17) is 4.74 Å². The Morgan fingerprint density at radius 2 is 1.93 bits per heavy atom. The first-order chi connectivity index (χ1) is 7.40. The number of aldehydes is 1. The normalized spacial score (nSPS) is 17.2. The van der Waals surface area contributed by atoms with Gasteiger partial charge in [0.25, 0.3) is 0 Å². The van der Waals surface area contributed by atoms with Gasteiger partial charge in [0.2, 0.25) is 0 Å². The highest BCUT2D eigenvalue weighted by atomic mass is 16.5. The van der Waals surface area contributed by atoms with Gasteiger partial charge >= 0.3 is 0 Å². The lowest BCUT2D eigenvalue weighted by atomic mass is 10.2. The maximum Gasteiger partial charge on any atom is 0.150 e. The first-order valence-electron chi connectivity index (χ1n) is 5.28. The fourth-order valence-corrected chi connectivity index (χ4v) is 1.77. The molecule has 1 aliphatic rings. The van der Waals surface area contributed by atoms with Crippen molar-refractivity contribution in [1.82, 2.24) is 0 Å². The summed E-state index contributed by atoms with van der Waals surface area (Å²) in [6.45, 7) is 3.60. The molecule has 0 atom stereocenters. The summed E-state index contributed by atoms with van der Waals surface area (Å²) in [5, 5.41) is 0. The highest BCUT2D eigenvalue weighted by molar-refractivity contribution is 5.75. The average molecular weight is 205 g/mol. The molecule has 1 aromatic rings. The fraction of sp³-hybridized carbons (Fsp3) is 0.417. The Morgan fingerprint density at radius 3 is 2.67 bits per heavy atom. The second-order valence-electron chi connectivity index (χ2n) is 3.66. The van der Waals surface area contributed by atoms with Crippen LogP contribution in [0.2, 0.25) is 0 Å². The summed E-state index contributed by atoms with van der Waals surface area (Å²) in [7, 11) is 0. The number of hydrogen-bond acceptors (Lipinski definition) is 3. The number of rotatable bonds is 2.